The van der Waals surface area contributed by atoms with Crippen LogP contribution in [0.4, 0.5) is 0 Å². The van der Waals surface area contributed by atoms with Crippen LogP contribution in [-0.4, -0.2) is 34.5 Å². The van der Waals surface area contributed by atoms with E-state index >= 15 is 0 Å². The van der Waals surface area contributed by atoms with E-state index in [1.54, 1.807) is 0 Å². The van der Waals surface area contributed by atoms with Crippen LogP contribution < -0.4 is 5.73 Å². The molecule has 4 nitrogen and oxygen atoms in total. The van der Waals surface area contributed by atoms with Crippen LogP contribution in [0.1, 0.15) is 35.1 Å². The number of aryl methyl sites for hydroxylation is 1. The average Bonchev–Trinajstić information content (AvgIpc) is 3.07. The van der Waals surface area contributed by atoms with Crippen LogP contribution in [0.2, 0.25) is 0 Å². The maximum absolute atomic E-state index is 13.0. The number of rotatable bonds is 3. The molecule has 2 unspecified atom stereocenters. The maximum atomic E-state index is 13.0. The molecule has 130 valence electrons. The number of likely N-dealkylation sites (tertiary alicyclic amines) is 1. The van der Waals surface area contributed by atoms with E-state index in [4.69, 9.17) is 5.73 Å². The van der Waals surface area contributed by atoms with Crippen molar-refractivity contribution in [3.63, 3.8) is 0 Å². The first-order valence-corrected chi connectivity index (χ1v) is 8.28. The number of nitrogens with zero attached hydrogens (tertiary/aromatic N) is 2. The second-order valence-corrected chi connectivity index (χ2v) is 6.60. The zero-order valence-corrected chi connectivity index (χ0v) is 15.3. The molecule has 2 atom stereocenters. The number of carbonyl (C=O) groups is 1. The summed E-state index contributed by atoms with van der Waals surface area (Å²) in [7, 11) is 0. The average molecular weight is 348 g/mol. The Balaban J connectivity index is 0.00000208. The third-order valence-corrected chi connectivity index (χ3v) is 4.93. The summed E-state index contributed by atoms with van der Waals surface area (Å²) in [5.41, 5.74) is 9.77. The summed E-state index contributed by atoms with van der Waals surface area (Å²) in [6, 6.07) is 12.4. The monoisotopic (exact) mass is 347 g/mol. The minimum atomic E-state index is 0. The molecule has 2 heterocycles. The largest absolute Gasteiger partial charge is 0.336 e. The number of nitrogens with two attached hydrogens (primary N) is 1. The predicted octanol–water partition coefficient (Wildman–Crippen LogP) is 3.33. The van der Waals surface area contributed by atoms with Gasteiger partial charge < -0.3 is 15.2 Å². The van der Waals surface area contributed by atoms with Gasteiger partial charge in [0.15, 0.2) is 0 Å². The zero-order valence-electron chi connectivity index (χ0n) is 14.5. The molecule has 1 aliphatic rings. The van der Waals surface area contributed by atoms with Crippen molar-refractivity contribution in [2.24, 2.45) is 11.7 Å². The number of hydrogen-bond donors (Lipinski definition) is 1. The van der Waals surface area contributed by atoms with Gasteiger partial charge in [0.05, 0.1) is 5.56 Å². The van der Waals surface area contributed by atoms with Gasteiger partial charge in [0.1, 0.15) is 0 Å². The molecule has 0 radical (unpaired) electrons. The standard InChI is InChI=1S/C19H25N3O.ClH/c1-13-9-16(11-20)12-21(13)19(23)18-10-14(2)22(15(18)3)17-7-5-4-6-8-17;/h4-8,10,13,16H,9,11-12,20H2,1-3H3;1H. The number of hydrogen-bond acceptors (Lipinski definition) is 2. The fourth-order valence-electron chi connectivity index (χ4n) is 3.70. The third-order valence-electron chi connectivity index (χ3n) is 4.93. The Hall–Kier alpha value is -1.78. The molecule has 1 saturated heterocycles. The molecule has 1 amide bonds. The predicted molar refractivity (Wildman–Crippen MR) is 100 cm³/mol. The number of aromatic nitrogens is 1. The van der Waals surface area contributed by atoms with E-state index in [1.807, 2.05) is 43.0 Å². The van der Waals surface area contributed by atoms with E-state index in [0.717, 1.165) is 35.6 Å². The summed E-state index contributed by atoms with van der Waals surface area (Å²) in [5.74, 6) is 0.551. The highest BCUT2D eigenvalue weighted by Gasteiger charge is 2.33. The van der Waals surface area contributed by atoms with E-state index in [0.29, 0.717) is 12.5 Å². The molecule has 0 bridgehead atoms. The Morgan fingerprint density at radius 2 is 1.92 bits per heavy atom. The molecule has 1 fully saturated rings. The number of halogens is 1. The summed E-state index contributed by atoms with van der Waals surface area (Å²) in [6.45, 7) is 7.61. The molecule has 1 aromatic heterocycles. The first-order chi connectivity index (χ1) is 11.0. The highest BCUT2D eigenvalue weighted by molar-refractivity contribution is 5.96. The van der Waals surface area contributed by atoms with Gasteiger partial charge in [-0.25, -0.2) is 0 Å². The molecule has 24 heavy (non-hydrogen) atoms. The maximum Gasteiger partial charge on any atom is 0.255 e. The van der Waals surface area contributed by atoms with Crippen LogP contribution in [0, 0.1) is 19.8 Å². The molecule has 0 spiro atoms. The lowest BCUT2D eigenvalue weighted by Crippen LogP contribution is -2.34. The van der Waals surface area contributed by atoms with Gasteiger partial charge in [-0.1, -0.05) is 18.2 Å². The van der Waals surface area contributed by atoms with Crippen molar-refractivity contribution >= 4 is 18.3 Å². The Morgan fingerprint density at radius 3 is 2.50 bits per heavy atom. The second kappa shape index (κ2) is 7.41. The topological polar surface area (TPSA) is 51.3 Å². The quantitative estimate of drug-likeness (QED) is 0.925. The van der Waals surface area contributed by atoms with Gasteiger partial charge in [-0.3, -0.25) is 4.79 Å². The van der Waals surface area contributed by atoms with Crippen molar-refractivity contribution in [3.8, 4) is 5.69 Å². The Bertz CT molecular complexity index is 711. The molecule has 2 N–H and O–H groups in total. The van der Waals surface area contributed by atoms with Gasteiger partial charge in [-0.05, 0) is 57.9 Å². The Kier molecular flexibility index (Phi) is 5.73. The Morgan fingerprint density at radius 1 is 1.25 bits per heavy atom. The molecule has 1 aliphatic heterocycles. The fraction of sp³-hybridized carbons (Fsp3) is 0.421. The van der Waals surface area contributed by atoms with Crippen molar-refractivity contribution in [1.82, 2.24) is 9.47 Å². The van der Waals surface area contributed by atoms with Gasteiger partial charge in [0.25, 0.3) is 5.91 Å². The van der Waals surface area contributed by atoms with Crippen molar-refractivity contribution in [2.75, 3.05) is 13.1 Å². The number of carbonyl (C=O) groups excluding carboxylic acids is 1. The lowest BCUT2D eigenvalue weighted by atomic mass is 10.1. The number of para-hydroxylation sites is 1. The van der Waals surface area contributed by atoms with Crippen LogP contribution in [0.25, 0.3) is 5.69 Å². The van der Waals surface area contributed by atoms with Crippen LogP contribution in [0.3, 0.4) is 0 Å². The van der Waals surface area contributed by atoms with Crippen molar-refractivity contribution in [3.05, 3.63) is 53.3 Å². The van der Waals surface area contributed by atoms with Gasteiger partial charge in [-0.15, -0.1) is 12.4 Å². The molecule has 0 saturated carbocycles. The highest BCUT2D eigenvalue weighted by Crippen LogP contribution is 2.27. The van der Waals surface area contributed by atoms with Crippen LogP contribution in [-0.2, 0) is 0 Å². The minimum Gasteiger partial charge on any atom is -0.336 e. The minimum absolute atomic E-state index is 0. The van der Waals surface area contributed by atoms with Crippen LogP contribution in [0.15, 0.2) is 36.4 Å². The van der Waals surface area contributed by atoms with E-state index in [-0.39, 0.29) is 24.4 Å². The molecule has 5 heteroatoms. The van der Waals surface area contributed by atoms with Gasteiger partial charge >= 0.3 is 0 Å². The highest BCUT2D eigenvalue weighted by atomic mass is 35.5. The van der Waals surface area contributed by atoms with E-state index in [9.17, 15) is 4.79 Å². The van der Waals surface area contributed by atoms with E-state index in [1.165, 1.54) is 0 Å². The van der Waals surface area contributed by atoms with Crippen molar-refractivity contribution in [1.29, 1.82) is 0 Å². The Labute approximate surface area is 150 Å². The normalized spacial score (nSPS) is 20.1. The molecular formula is C19H26ClN3O. The molecular weight excluding hydrogens is 322 g/mol. The zero-order chi connectivity index (χ0) is 16.6. The first kappa shape index (κ1) is 18.6. The van der Waals surface area contributed by atoms with Gasteiger partial charge in [0, 0.05) is 29.7 Å². The van der Waals surface area contributed by atoms with Gasteiger partial charge in [0.2, 0.25) is 0 Å². The molecule has 2 aromatic rings. The van der Waals surface area contributed by atoms with Crippen molar-refractivity contribution in [2.45, 2.75) is 33.2 Å². The second-order valence-electron chi connectivity index (χ2n) is 6.60. The summed E-state index contributed by atoms with van der Waals surface area (Å²) in [4.78, 5) is 15.0. The smallest absolute Gasteiger partial charge is 0.255 e. The molecule has 1 aromatic carbocycles. The van der Waals surface area contributed by atoms with E-state index < -0.39 is 0 Å². The summed E-state index contributed by atoms with van der Waals surface area (Å²) in [6.07, 6.45) is 1.000. The van der Waals surface area contributed by atoms with Gasteiger partial charge in [-0.2, -0.15) is 0 Å². The van der Waals surface area contributed by atoms with Crippen molar-refractivity contribution < 1.29 is 4.79 Å². The molecule has 0 aliphatic carbocycles. The fourth-order valence-corrected chi connectivity index (χ4v) is 3.70. The van der Waals surface area contributed by atoms with Crippen LogP contribution in [0.5, 0.6) is 0 Å². The third kappa shape index (κ3) is 3.21. The summed E-state index contributed by atoms with van der Waals surface area (Å²) < 4.78 is 2.15. The lowest BCUT2D eigenvalue weighted by molar-refractivity contribution is 0.0742. The van der Waals surface area contributed by atoms with E-state index in [2.05, 4.69) is 23.6 Å². The number of amides is 1. The number of benzene rings is 1. The molecule has 3 rings (SSSR count). The summed E-state index contributed by atoms with van der Waals surface area (Å²) >= 11 is 0. The lowest BCUT2D eigenvalue weighted by Gasteiger charge is -2.21. The van der Waals surface area contributed by atoms with Crippen LogP contribution >= 0.6 is 12.4 Å². The summed E-state index contributed by atoms with van der Waals surface area (Å²) in [5, 5.41) is 0. The first-order valence-electron chi connectivity index (χ1n) is 8.28. The SMILES string of the molecule is Cc1cc(C(=O)N2CC(CN)CC2C)c(C)n1-c1ccccc1.Cl.